The van der Waals surface area contributed by atoms with Crippen LogP contribution in [0.3, 0.4) is 0 Å². The fraction of sp³-hybridized carbons (Fsp3) is 0.357. The maximum Gasteiger partial charge on any atom is 0.316 e. The normalized spacial score (nSPS) is 10.6. The Bertz CT molecular complexity index is 694. The van der Waals surface area contributed by atoms with Crippen molar-refractivity contribution in [2.45, 2.75) is 25.2 Å². The van der Waals surface area contributed by atoms with Crippen LogP contribution in [0.25, 0.3) is 0 Å². The third-order valence-electron chi connectivity index (χ3n) is 2.91. The van der Waals surface area contributed by atoms with Gasteiger partial charge in [-0.3, -0.25) is 4.79 Å². The lowest BCUT2D eigenvalue weighted by Gasteiger charge is -2.10. The molecule has 1 aromatic heterocycles. The molecular formula is C14H15Cl2N3O3S. The van der Waals surface area contributed by atoms with Gasteiger partial charge in [-0.15, -0.1) is 10.2 Å². The van der Waals surface area contributed by atoms with Crippen LogP contribution in [0.15, 0.2) is 23.4 Å². The number of esters is 1. The number of aromatic nitrogens is 3. The van der Waals surface area contributed by atoms with E-state index in [1.807, 2.05) is 11.5 Å². The standard InChI is InChI=1S/C14H15Cl2N3O3S/c1-3-19-12(17-18-14(19)23-8-13(20)21-2)7-22-11-6-9(15)4-5-10(11)16/h4-6H,3,7-8H2,1-2H3. The highest BCUT2D eigenvalue weighted by atomic mass is 35.5. The Balaban J connectivity index is 2.06. The molecule has 0 unspecified atom stereocenters. The number of hydrogen-bond donors (Lipinski definition) is 0. The van der Waals surface area contributed by atoms with Gasteiger partial charge in [-0.05, 0) is 19.1 Å². The molecule has 0 atom stereocenters. The zero-order valence-corrected chi connectivity index (χ0v) is 14.9. The topological polar surface area (TPSA) is 66.2 Å². The van der Waals surface area contributed by atoms with Gasteiger partial charge in [0.2, 0.25) is 0 Å². The molecule has 0 fully saturated rings. The molecule has 6 nitrogen and oxygen atoms in total. The Kier molecular flexibility index (Phi) is 6.56. The van der Waals surface area contributed by atoms with E-state index < -0.39 is 0 Å². The first-order valence-corrected chi connectivity index (χ1v) is 8.48. The highest BCUT2D eigenvalue weighted by Crippen LogP contribution is 2.28. The predicted octanol–water partition coefficient (Wildman–Crippen LogP) is 3.45. The van der Waals surface area contributed by atoms with E-state index in [-0.39, 0.29) is 18.3 Å². The van der Waals surface area contributed by atoms with Crippen molar-refractivity contribution in [3.05, 3.63) is 34.1 Å². The Labute approximate surface area is 148 Å². The molecule has 2 rings (SSSR count). The lowest BCUT2D eigenvalue weighted by molar-refractivity contribution is -0.137. The van der Waals surface area contributed by atoms with Crippen LogP contribution in [0.5, 0.6) is 5.75 Å². The van der Waals surface area contributed by atoms with Gasteiger partial charge in [0.05, 0.1) is 17.9 Å². The summed E-state index contributed by atoms with van der Waals surface area (Å²) in [4.78, 5) is 11.2. The van der Waals surface area contributed by atoms with Gasteiger partial charge < -0.3 is 14.0 Å². The second-order valence-corrected chi connectivity index (χ2v) is 6.16. The third-order valence-corrected chi connectivity index (χ3v) is 4.39. The predicted molar refractivity (Wildman–Crippen MR) is 89.2 cm³/mol. The quantitative estimate of drug-likeness (QED) is 0.545. The summed E-state index contributed by atoms with van der Waals surface area (Å²) in [6.45, 7) is 2.81. The first-order chi connectivity index (χ1) is 11.0. The SMILES string of the molecule is CCn1c(COc2cc(Cl)ccc2Cl)nnc1SCC(=O)OC. The number of carbonyl (C=O) groups excluding carboxylic acids is 1. The minimum Gasteiger partial charge on any atom is -0.484 e. The van der Waals surface area contributed by atoms with Gasteiger partial charge in [-0.1, -0.05) is 35.0 Å². The fourth-order valence-corrected chi connectivity index (χ4v) is 2.95. The van der Waals surface area contributed by atoms with Crippen molar-refractivity contribution < 1.29 is 14.3 Å². The van der Waals surface area contributed by atoms with Crippen LogP contribution in [0.2, 0.25) is 10.0 Å². The second-order valence-electron chi connectivity index (χ2n) is 4.37. The van der Waals surface area contributed by atoms with Crippen molar-refractivity contribution in [3.8, 4) is 5.75 Å². The van der Waals surface area contributed by atoms with Gasteiger partial charge in [0, 0.05) is 17.6 Å². The largest absolute Gasteiger partial charge is 0.484 e. The van der Waals surface area contributed by atoms with Gasteiger partial charge in [-0.2, -0.15) is 0 Å². The molecule has 124 valence electrons. The molecule has 0 N–H and O–H groups in total. The van der Waals surface area contributed by atoms with E-state index in [1.54, 1.807) is 18.2 Å². The molecule has 0 aliphatic heterocycles. The number of carbonyl (C=O) groups is 1. The van der Waals surface area contributed by atoms with Gasteiger partial charge in [0.15, 0.2) is 11.0 Å². The summed E-state index contributed by atoms with van der Waals surface area (Å²) in [6, 6.07) is 5.00. The first kappa shape index (κ1) is 17.9. The molecule has 0 bridgehead atoms. The number of nitrogens with zero attached hydrogens (tertiary/aromatic N) is 3. The van der Waals surface area contributed by atoms with Gasteiger partial charge in [0.25, 0.3) is 0 Å². The van der Waals surface area contributed by atoms with Crippen molar-refractivity contribution in [3.63, 3.8) is 0 Å². The van der Waals surface area contributed by atoms with E-state index in [0.717, 1.165) is 0 Å². The van der Waals surface area contributed by atoms with E-state index in [4.69, 9.17) is 27.9 Å². The van der Waals surface area contributed by atoms with Crippen LogP contribution in [-0.2, 0) is 22.7 Å². The zero-order chi connectivity index (χ0) is 16.8. The Morgan fingerprint density at radius 1 is 1.35 bits per heavy atom. The van der Waals surface area contributed by atoms with Gasteiger partial charge in [0.1, 0.15) is 12.4 Å². The average Bonchev–Trinajstić information content (AvgIpc) is 2.95. The maximum atomic E-state index is 11.2. The number of halogens is 2. The highest BCUT2D eigenvalue weighted by Gasteiger charge is 2.14. The third kappa shape index (κ3) is 4.76. The molecule has 0 aliphatic rings. The lowest BCUT2D eigenvalue weighted by Crippen LogP contribution is -2.09. The van der Waals surface area contributed by atoms with Gasteiger partial charge in [-0.25, -0.2) is 0 Å². The molecule has 0 saturated heterocycles. The lowest BCUT2D eigenvalue weighted by atomic mass is 10.3. The molecular weight excluding hydrogens is 361 g/mol. The van der Waals surface area contributed by atoms with Crippen molar-refractivity contribution in [1.82, 2.24) is 14.8 Å². The first-order valence-electron chi connectivity index (χ1n) is 6.74. The molecule has 0 radical (unpaired) electrons. The van der Waals surface area contributed by atoms with Crippen LogP contribution >= 0.6 is 35.0 Å². The number of benzene rings is 1. The van der Waals surface area contributed by atoms with Crippen molar-refractivity contribution in [2.24, 2.45) is 0 Å². The Hall–Kier alpha value is -1.44. The molecule has 0 amide bonds. The van der Waals surface area contributed by atoms with Crippen LogP contribution < -0.4 is 4.74 Å². The number of ether oxygens (including phenoxy) is 2. The smallest absolute Gasteiger partial charge is 0.316 e. The summed E-state index contributed by atoms with van der Waals surface area (Å²) in [6.07, 6.45) is 0. The van der Waals surface area contributed by atoms with E-state index >= 15 is 0 Å². The number of rotatable bonds is 7. The molecule has 1 heterocycles. The Morgan fingerprint density at radius 2 is 2.13 bits per heavy atom. The van der Waals surface area contributed by atoms with Crippen molar-refractivity contribution in [1.29, 1.82) is 0 Å². The van der Waals surface area contributed by atoms with E-state index in [2.05, 4.69) is 14.9 Å². The molecule has 1 aromatic carbocycles. The second kappa shape index (κ2) is 8.42. The molecule has 0 spiro atoms. The number of hydrogen-bond acceptors (Lipinski definition) is 6. The zero-order valence-electron chi connectivity index (χ0n) is 12.6. The minimum absolute atomic E-state index is 0.176. The summed E-state index contributed by atoms with van der Waals surface area (Å²) in [5.41, 5.74) is 0. The van der Waals surface area contributed by atoms with Gasteiger partial charge >= 0.3 is 5.97 Å². The van der Waals surface area contributed by atoms with Crippen LogP contribution in [0, 0.1) is 0 Å². The molecule has 9 heteroatoms. The maximum absolute atomic E-state index is 11.2. The summed E-state index contributed by atoms with van der Waals surface area (Å²) >= 11 is 13.3. The molecule has 2 aromatic rings. The van der Waals surface area contributed by atoms with E-state index in [0.29, 0.717) is 33.3 Å². The van der Waals surface area contributed by atoms with E-state index in [9.17, 15) is 4.79 Å². The Morgan fingerprint density at radius 3 is 2.83 bits per heavy atom. The number of thioether (sulfide) groups is 1. The van der Waals surface area contributed by atoms with Crippen molar-refractivity contribution >= 4 is 40.9 Å². The molecule has 23 heavy (non-hydrogen) atoms. The van der Waals surface area contributed by atoms with Crippen LogP contribution in [0.1, 0.15) is 12.7 Å². The molecule has 0 aliphatic carbocycles. The van der Waals surface area contributed by atoms with E-state index in [1.165, 1.54) is 18.9 Å². The highest BCUT2D eigenvalue weighted by molar-refractivity contribution is 7.99. The number of methoxy groups -OCH3 is 1. The minimum atomic E-state index is -0.316. The summed E-state index contributed by atoms with van der Waals surface area (Å²) in [5, 5.41) is 9.81. The van der Waals surface area contributed by atoms with Crippen molar-refractivity contribution in [2.75, 3.05) is 12.9 Å². The average molecular weight is 376 g/mol. The fourth-order valence-electron chi connectivity index (χ4n) is 1.76. The monoisotopic (exact) mass is 375 g/mol. The molecule has 0 saturated carbocycles. The van der Waals surface area contributed by atoms with Crippen LogP contribution in [0.4, 0.5) is 0 Å². The summed E-state index contributed by atoms with van der Waals surface area (Å²) < 4.78 is 12.1. The summed E-state index contributed by atoms with van der Waals surface area (Å²) in [5.74, 6) is 0.976. The summed E-state index contributed by atoms with van der Waals surface area (Å²) in [7, 11) is 1.35. The van der Waals surface area contributed by atoms with Crippen LogP contribution in [-0.4, -0.2) is 33.6 Å².